The lowest BCUT2D eigenvalue weighted by Crippen LogP contribution is -2.14. The van der Waals surface area contributed by atoms with Crippen molar-refractivity contribution in [2.24, 2.45) is 5.73 Å². The molecule has 0 fully saturated rings. The third-order valence-electron chi connectivity index (χ3n) is 2.90. The Morgan fingerprint density at radius 3 is 2.43 bits per heavy atom. The quantitative estimate of drug-likeness (QED) is 0.657. The average molecular weight is 315 g/mol. The van der Waals surface area contributed by atoms with E-state index in [1.54, 1.807) is 24.3 Å². The third kappa shape index (κ3) is 4.22. The maximum Gasteiger partial charge on any atom is 0.416 e. The van der Waals surface area contributed by atoms with Crippen molar-refractivity contribution in [2.45, 2.75) is 17.1 Å². The van der Waals surface area contributed by atoms with Gasteiger partial charge in [-0.3, -0.25) is 0 Å². The van der Waals surface area contributed by atoms with E-state index in [9.17, 15) is 17.6 Å². The number of halogens is 4. The van der Waals surface area contributed by atoms with E-state index in [4.69, 9.17) is 5.73 Å². The van der Waals surface area contributed by atoms with Crippen LogP contribution in [0.3, 0.4) is 0 Å². The first-order valence-electron chi connectivity index (χ1n) is 6.18. The number of thioether (sulfide) groups is 1. The Morgan fingerprint density at radius 1 is 1.05 bits per heavy atom. The summed E-state index contributed by atoms with van der Waals surface area (Å²) in [6.45, 7) is 0. The molecule has 0 saturated carbocycles. The highest BCUT2D eigenvalue weighted by atomic mass is 32.2. The number of alkyl halides is 3. The van der Waals surface area contributed by atoms with Gasteiger partial charge in [-0.2, -0.15) is 13.2 Å². The molecule has 0 aromatic heterocycles. The Labute approximate surface area is 124 Å². The number of benzene rings is 2. The van der Waals surface area contributed by atoms with Crippen molar-refractivity contribution >= 4 is 11.8 Å². The molecule has 1 nitrogen and oxygen atoms in total. The molecule has 2 aromatic carbocycles. The SMILES string of the molecule is NC(CSc1ccccc1F)c1cccc(C(F)(F)F)c1. The van der Waals surface area contributed by atoms with Crippen LogP contribution in [-0.4, -0.2) is 5.75 Å². The number of hydrogen-bond acceptors (Lipinski definition) is 2. The second-order valence-electron chi connectivity index (χ2n) is 4.47. The van der Waals surface area contributed by atoms with Crippen molar-refractivity contribution < 1.29 is 17.6 Å². The fraction of sp³-hybridized carbons (Fsp3) is 0.200. The highest BCUT2D eigenvalue weighted by molar-refractivity contribution is 7.99. The first-order valence-corrected chi connectivity index (χ1v) is 7.16. The molecule has 0 heterocycles. The van der Waals surface area contributed by atoms with Crippen LogP contribution < -0.4 is 5.73 Å². The van der Waals surface area contributed by atoms with Gasteiger partial charge in [-0.05, 0) is 29.8 Å². The first-order chi connectivity index (χ1) is 9.88. The van der Waals surface area contributed by atoms with Gasteiger partial charge in [-0.15, -0.1) is 11.8 Å². The molecule has 1 atom stereocenters. The topological polar surface area (TPSA) is 26.0 Å². The van der Waals surface area contributed by atoms with Gasteiger partial charge in [0.15, 0.2) is 0 Å². The summed E-state index contributed by atoms with van der Waals surface area (Å²) in [5.41, 5.74) is 5.55. The minimum absolute atomic E-state index is 0.294. The summed E-state index contributed by atoms with van der Waals surface area (Å²) < 4.78 is 51.4. The summed E-state index contributed by atoms with van der Waals surface area (Å²) in [6, 6.07) is 10.5. The molecule has 21 heavy (non-hydrogen) atoms. The Balaban J connectivity index is 2.07. The van der Waals surface area contributed by atoms with Gasteiger partial charge in [0.05, 0.1) is 5.56 Å². The van der Waals surface area contributed by atoms with Crippen molar-refractivity contribution in [3.05, 3.63) is 65.5 Å². The van der Waals surface area contributed by atoms with Gasteiger partial charge in [0.2, 0.25) is 0 Å². The number of rotatable bonds is 4. The van der Waals surface area contributed by atoms with Gasteiger partial charge < -0.3 is 5.73 Å². The minimum Gasteiger partial charge on any atom is -0.323 e. The lowest BCUT2D eigenvalue weighted by Gasteiger charge is -2.14. The van der Waals surface area contributed by atoms with Crippen LogP contribution in [-0.2, 0) is 6.18 Å². The molecule has 0 saturated heterocycles. The molecular weight excluding hydrogens is 302 g/mol. The molecule has 6 heteroatoms. The molecule has 2 N–H and O–H groups in total. The van der Waals surface area contributed by atoms with Gasteiger partial charge >= 0.3 is 6.18 Å². The van der Waals surface area contributed by atoms with Crippen molar-refractivity contribution in [1.29, 1.82) is 0 Å². The molecule has 0 radical (unpaired) electrons. The predicted octanol–water partition coefficient (Wildman–Crippen LogP) is 4.64. The van der Waals surface area contributed by atoms with Crippen molar-refractivity contribution in [3.63, 3.8) is 0 Å². The molecule has 2 aromatic rings. The lowest BCUT2D eigenvalue weighted by atomic mass is 10.1. The highest BCUT2D eigenvalue weighted by Crippen LogP contribution is 2.31. The van der Waals surface area contributed by atoms with Crippen LogP contribution in [0.4, 0.5) is 17.6 Å². The second kappa shape index (κ2) is 6.49. The van der Waals surface area contributed by atoms with Gasteiger partial charge in [0.25, 0.3) is 0 Å². The van der Waals surface area contributed by atoms with Gasteiger partial charge in [-0.25, -0.2) is 4.39 Å². The van der Waals surface area contributed by atoms with Crippen LogP contribution in [0.15, 0.2) is 53.4 Å². The normalized spacial score (nSPS) is 13.2. The van der Waals surface area contributed by atoms with Crippen LogP contribution >= 0.6 is 11.8 Å². The van der Waals surface area contributed by atoms with E-state index in [0.717, 1.165) is 12.1 Å². The maximum absolute atomic E-state index is 13.5. The van der Waals surface area contributed by atoms with Gasteiger partial charge in [-0.1, -0.05) is 24.3 Å². The Hall–Kier alpha value is -1.53. The number of nitrogens with two attached hydrogens (primary N) is 1. The van der Waals surface area contributed by atoms with Crippen molar-refractivity contribution in [3.8, 4) is 0 Å². The molecule has 1 unspecified atom stereocenters. The molecule has 0 aliphatic carbocycles. The van der Waals surface area contributed by atoms with Crippen LogP contribution in [0.1, 0.15) is 17.2 Å². The molecule has 0 bridgehead atoms. The maximum atomic E-state index is 13.5. The molecule has 2 rings (SSSR count). The minimum atomic E-state index is -4.39. The lowest BCUT2D eigenvalue weighted by molar-refractivity contribution is -0.137. The standard InChI is InChI=1S/C15H13F4NS/c16-12-6-1-2-7-14(12)21-9-13(20)10-4-3-5-11(8-10)15(17,18)19/h1-8,13H,9,20H2. The molecule has 0 spiro atoms. The molecule has 0 amide bonds. The summed E-state index contributed by atoms with van der Waals surface area (Å²) in [6.07, 6.45) is -4.39. The summed E-state index contributed by atoms with van der Waals surface area (Å²) >= 11 is 1.18. The van der Waals surface area contributed by atoms with Crippen molar-refractivity contribution in [2.75, 3.05) is 5.75 Å². The van der Waals surface area contributed by atoms with Crippen molar-refractivity contribution in [1.82, 2.24) is 0 Å². The average Bonchev–Trinajstić information content (AvgIpc) is 2.45. The first kappa shape index (κ1) is 15.9. The van der Waals surface area contributed by atoms with Crippen LogP contribution in [0.2, 0.25) is 0 Å². The van der Waals surface area contributed by atoms with E-state index in [1.165, 1.54) is 23.9 Å². The zero-order valence-corrected chi connectivity index (χ0v) is 11.7. The molecule has 0 aliphatic rings. The van der Waals surface area contributed by atoms with Gasteiger partial charge in [0.1, 0.15) is 5.82 Å². The zero-order valence-electron chi connectivity index (χ0n) is 10.9. The Bertz CT molecular complexity index is 613. The molecule has 112 valence electrons. The fourth-order valence-electron chi connectivity index (χ4n) is 1.78. The van der Waals surface area contributed by atoms with Crippen LogP contribution in [0.25, 0.3) is 0 Å². The smallest absolute Gasteiger partial charge is 0.323 e. The second-order valence-corrected chi connectivity index (χ2v) is 5.53. The van der Waals surface area contributed by atoms with E-state index in [0.29, 0.717) is 16.2 Å². The Kier molecular flexibility index (Phi) is 4.90. The summed E-state index contributed by atoms with van der Waals surface area (Å²) in [4.78, 5) is 0.430. The van der Waals surface area contributed by atoms with E-state index in [1.807, 2.05) is 0 Å². The summed E-state index contributed by atoms with van der Waals surface area (Å²) in [7, 11) is 0. The highest BCUT2D eigenvalue weighted by Gasteiger charge is 2.30. The largest absolute Gasteiger partial charge is 0.416 e. The van der Waals surface area contributed by atoms with Crippen LogP contribution in [0.5, 0.6) is 0 Å². The van der Waals surface area contributed by atoms with E-state index in [-0.39, 0.29) is 5.82 Å². The zero-order chi connectivity index (χ0) is 15.5. The molecular formula is C15H13F4NS. The fourth-order valence-corrected chi connectivity index (χ4v) is 2.72. The van der Waals surface area contributed by atoms with E-state index >= 15 is 0 Å². The summed E-state index contributed by atoms with van der Waals surface area (Å²) in [5, 5.41) is 0. The molecule has 0 aliphatic heterocycles. The van der Waals surface area contributed by atoms with E-state index < -0.39 is 17.8 Å². The van der Waals surface area contributed by atoms with E-state index in [2.05, 4.69) is 0 Å². The monoisotopic (exact) mass is 315 g/mol. The van der Waals surface area contributed by atoms with Gasteiger partial charge in [0, 0.05) is 16.7 Å². The van der Waals surface area contributed by atoms with Crippen LogP contribution in [0, 0.1) is 5.82 Å². The predicted molar refractivity (Wildman–Crippen MR) is 75.5 cm³/mol. The Morgan fingerprint density at radius 2 is 1.76 bits per heavy atom. The number of hydrogen-bond donors (Lipinski definition) is 1. The summed E-state index contributed by atoms with van der Waals surface area (Å²) in [5.74, 6) is -0.0684. The third-order valence-corrected chi connectivity index (χ3v) is 4.07.